The first-order chi connectivity index (χ1) is 10.3. The summed E-state index contributed by atoms with van der Waals surface area (Å²) in [5.74, 6) is 2.30. The van der Waals surface area contributed by atoms with Crippen LogP contribution in [0.3, 0.4) is 0 Å². The van der Waals surface area contributed by atoms with E-state index in [4.69, 9.17) is 4.74 Å². The van der Waals surface area contributed by atoms with E-state index in [1.165, 1.54) is 12.8 Å². The molecule has 0 radical (unpaired) electrons. The summed E-state index contributed by atoms with van der Waals surface area (Å²) < 4.78 is 5.70. The van der Waals surface area contributed by atoms with E-state index in [0.717, 1.165) is 42.5 Å². The first kappa shape index (κ1) is 14.1. The van der Waals surface area contributed by atoms with Gasteiger partial charge in [0.1, 0.15) is 5.82 Å². The van der Waals surface area contributed by atoms with Crippen LogP contribution in [0.4, 0.5) is 11.8 Å². The SMILES string of the molecule is CCNc1nc(N(C)CCOCC2CC2)c2cn[nH]c2n1. The molecule has 0 aliphatic heterocycles. The standard InChI is InChI=1S/C14H22N6O/c1-3-15-14-17-12-11(8-16-19-12)13(18-14)20(2)6-7-21-9-10-4-5-10/h8,10H,3-7,9H2,1-2H3,(H2,15,16,17,18,19). The second-order valence-electron chi connectivity index (χ2n) is 5.47. The number of anilines is 2. The number of fused-ring (bicyclic) bond motifs is 1. The fourth-order valence-corrected chi connectivity index (χ4v) is 2.19. The summed E-state index contributed by atoms with van der Waals surface area (Å²) in [6.45, 7) is 5.22. The molecule has 0 saturated heterocycles. The van der Waals surface area contributed by atoms with E-state index < -0.39 is 0 Å². The highest BCUT2D eigenvalue weighted by molar-refractivity contribution is 5.87. The smallest absolute Gasteiger partial charge is 0.226 e. The molecule has 2 heterocycles. The molecule has 2 aromatic rings. The average Bonchev–Trinajstić information content (AvgIpc) is 3.18. The zero-order chi connectivity index (χ0) is 14.7. The third kappa shape index (κ3) is 3.41. The minimum atomic E-state index is 0.620. The number of hydrogen-bond donors (Lipinski definition) is 2. The maximum atomic E-state index is 5.70. The van der Waals surface area contributed by atoms with Crippen LogP contribution in [0.2, 0.25) is 0 Å². The van der Waals surface area contributed by atoms with Crippen LogP contribution >= 0.6 is 0 Å². The maximum absolute atomic E-state index is 5.70. The molecule has 0 aromatic carbocycles. The maximum Gasteiger partial charge on any atom is 0.226 e. The van der Waals surface area contributed by atoms with E-state index in [0.29, 0.717) is 12.6 Å². The van der Waals surface area contributed by atoms with Crippen LogP contribution in [0.1, 0.15) is 19.8 Å². The quantitative estimate of drug-likeness (QED) is 0.720. The first-order valence-electron chi connectivity index (χ1n) is 7.51. The Kier molecular flexibility index (Phi) is 4.19. The lowest BCUT2D eigenvalue weighted by atomic mass is 10.3. The molecule has 1 saturated carbocycles. The van der Waals surface area contributed by atoms with Gasteiger partial charge < -0.3 is 15.0 Å². The van der Waals surface area contributed by atoms with Crippen molar-refractivity contribution in [3.05, 3.63) is 6.20 Å². The van der Waals surface area contributed by atoms with Crippen LogP contribution in [0, 0.1) is 5.92 Å². The van der Waals surface area contributed by atoms with Crippen molar-refractivity contribution < 1.29 is 4.74 Å². The first-order valence-corrected chi connectivity index (χ1v) is 7.51. The third-order valence-corrected chi connectivity index (χ3v) is 3.61. The number of nitrogens with zero attached hydrogens (tertiary/aromatic N) is 4. The molecule has 7 heteroatoms. The Morgan fingerprint density at radius 3 is 3.05 bits per heavy atom. The summed E-state index contributed by atoms with van der Waals surface area (Å²) in [5, 5.41) is 11.0. The monoisotopic (exact) mass is 290 g/mol. The lowest BCUT2D eigenvalue weighted by molar-refractivity contribution is 0.131. The van der Waals surface area contributed by atoms with Crippen LogP contribution in [-0.2, 0) is 4.74 Å². The Balaban J connectivity index is 1.68. The van der Waals surface area contributed by atoms with Crippen molar-refractivity contribution in [3.8, 4) is 0 Å². The minimum Gasteiger partial charge on any atom is -0.379 e. The minimum absolute atomic E-state index is 0.620. The van der Waals surface area contributed by atoms with Crippen molar-refractivity contribution in [2.75, 3.05) is 43.6 Å². The van der Waals surface area contributed by atoms with Crippen LogP contribution < -0.4 is 10.2 Å². The van der Waals surface area contributed by atoms with Crippen LogP contribution in [0.5, 0.6) is 0 Å². The Labute approximate surface area is 124 Å². The predicted octanol–water partition coefficient (Wildman–Crippen LogP) is 1.65. The van der Waals surface area contributed by atoms with Crippen molar-refractivity contribution in [1.29, 1.82) is 0 Å². The van der Waals surface area contributed by atoms with Crippen molar-refractivity contribution in [2.45, 2.75) is 19.8 Å². The van der Waals surface area contributed by atoms with Crippen molar-refractivity contribution in [3.63, 3.8) is 0 Å². The van der Waals surface area contributed by atoms with Gasteiger partial charge in [-0.05, 0) is 25.7 Å². The summed E-state index contributed by atoms with van der Waals surface area (Å²) in [7, 11) is 2.02. The van der Waals surface area contributed by atoms with Crippen LogP contribution in [-0.4, -0.2) is 53.5 Å². The molecule has 1 fully saturated rings. The van der Waals surface area contributed by atoms with Crippen molar-refractivity contribution in [1.82, 2.24) is 20.2 Å². The molecule has 0 amide bonds. The van der Waals surface area contributed by atoms with Gasteiger partial charge in [0.2, 0.25) is 5.95 Å². The third-order valence-electron chi connectivity index (χ3n) is 3.61. The molecular formula is C14H22N6O. The summed E-state index contributed by atoms with van der Waals surface area (Å²) in [4.78, 5) is 11.1. The molecule has 0 bridgehead atoms. The van der Waals surface area contributed by atoms with E-state index in [1.807, 2.05) is 14.0 Å². The number of aromatic nitrogens is 4. The average molecular weight is 290 g/mol. The van der Waals surface area contributed by atoms with Crippen LogP contribution in [0.25, 0.3) is 11.0 Å². The summed E-state index contributed by atoms with van der Waals surface area (Å²) in [5.41, 5.74) is 0.752. The van der Waals surface area contributed by atoms with E-state index in [1.54, 1.807) is 6.20 Å². The Hall–Kier alpha value is -1.89. The van der Waals surface area contributed by atoms with Gasteiger partial charge in [-0.1, -0.05) is 0 Å². The van der Waals surface area contributed by atoms with Crippen molar-refractivity contribution in [2.24, 2.45) is 5.92 Å². The highest BCUT2D eigenvalue weighted by Gasteiger charge is 2.21. The molecule has 0 atom stereocenters. The highest BCUT2D eigenvalue weighted by atomic mass is 16.5. The predicted molar refractivity (Wildman–Crippen MR) is 82.7 cm³/mol. The molecule has 2 N–H and O–H groups in total. The molecule has 3 rings (SSSR count). The molecule has 0 unspecified atom stereocenters. The van der Waals surface area contributed by atoms with E-state index in [2.05, 4.69) is 30.4 Å². The Morgan fingerprint density at radius 2 is 2.29 bits per heavy atom. The van der Waals surface area contributed by atoms with Crippen molar-refractivity contribution >= 4 is 22.8 Å². The zero-order valence-corrected chi connectivity index (χ0v) is 12.6. The number of H-pyrrole nitrogens is 1. The van der Waals surface area contributed by atoms with E-state index in [-0.39, 0.29) is 0 Å². The second kappa shape index (κ2) is 6.26. The lowest BCUT2D eigenvalue weighted by Crippen LogP contribution is -2.24. The van der Waals surface area contributed by atoms with Gasteiger partial charge in [0.15, 0.2) is 5.65 Å². The molecule has 21 heavy (non-hydrogen) atoms. The Morgan fingerprint density at radius 1 is 1.43 bits per heavy atom. The largest absolute Gasteiger partial charge is 0.379 e. The molecule has 114 valence electrons. The molecule has 7 nitrogen and oxygen atoms in total. The van der Waals surface area contributed by atoms with E-state index in [9.17, 15) is 0 Å². The van der Waals surface area contributed by atoms with Gasteiger partial charge in [0.05, 0.1) is 18.2 Å². The summed E-state index contributed by atoms with van der Waals surface area (Å²) in [6.07, 6.45) is 4.41. The zero-order valence-electron chi connectivity index (χ0n) is 12.6. The topological polar surface area (TPSA) is 79.0 Å². The van der Waals surface area contributed by atoms with Gasteiger partial charge in [0, 0.05) is 26.7 Å². The normalized spacial score (nSPS) is 14.6. The number of nitrogens with one attached hydrogen (secondary N) is 2. The molecule has 1 aliphatic rings. The number of aromatic amines is 1. The fourth-order valence-electron chi connectivity index (χ4n) is 2.19. The Bertz CT molecular complexity index is 594. The van der Waals surface area contributed by atoms with Crippen LogP contribution in [0.15, 0.2) is 6.20 Å². The fraction of sp³-hybridized carbons (Fsp3) is 0.643. The number of hydrogen-bond acceptors (Lipinski definition) is 6. The van der Waals surface area contributed by atoms with Gasteiger partial charge in [-0.3, -0.25) is 5.10 Å². The van der Waals surface area contributed by atoms with Gasteiger partial charge in [-0.15, -0.1) is 0 Å². The second-order valence-corrected chi connectivity index (χ2v) is 5.47. The number of ether oxygens (including phenoxy) is 1. The van der Waals surface area contributed by atoms with E-state index >= 15 is 0 Å². The molecule has 1 aliphatic carbocycles. The molecule has 2 aromatic heterocycles. The van der Waals surface area contributed by atoms with Gasteiger partial charge in [-0.25, -0.2) is 0 Å². The van der Waals surface area contributed by atoms with Gasteiger partial charge >= 0.3 is 0 Å². The molecular weight excluding hydrogens is 268 g/mol. The number of likely N-dealkylation sites (N-methyl/N-ethyl adjacent to an activating group) is 1. The van der Waals surface area contributed by atoms with Gasteiger partial charge in [0.25, 0.3) is 0 Å². The highest BCUT2D eigenvalue weighted by Crippen LogP contribution is 2.28. The number of rotatable bonds is 8. The lowest BCUT2D eigenvalue weighted by Gasteiger charge is -2.19. The summed E-state index contributed by atoms with van der Waals surface area (Å²) >= 11 is 0. The van der Waals surface area contributed by atoms with Gasteiger partial charge in [-0.2, -0.15) is 15.1 Å². The molecule has 0 spiro atoms. The summed E-state index contributed by atoms with van der Waals surface area (Å²) in [6, 6.07) is 0.